The Bertz CT molecular complexity index is 490. The highest BCUT2D eigenvalue weighted by Crippen LogP contribution is 2.30. The standard InChI is InChI=1S/C18H26O2S/c1-4-20-18-11-10-16(13(2)14(18)3)17(19)12-21-15-8-6-5-7-9-15/h10-11,15H,4-9,12H2,1-3H3. The molecule has 0 amide bonds. The summed E-state index contributed by atoms with van der Waals surface area (Å²) >= 11 is 1.85. The predicted octanol–water partition coefficient (Wildman–Crippen LogP) is 4.95. The van der Waals surface area contributed by atoms with Crippen molar-refractivity contribution in [2.24, 2.45) is 0 Å². The molecule has 1 aliphatic carbocycles. The van der Waals surface area contributed by atoms with Crippen LogP contribution in [0.25, 0.3) is 0 Å². The lowest BCUT2D eigenvalue weighted by molar-refractivity contribution is 0.102. The highest BCUT2D eigenvalue weighted by molar-refractivity contribution is 8.00. The SMILES string of the molecule is CCOc1ccc(C(=O)CSC2CCCCC2)c(C)c1C. The maximum Gasteiger partial charge on any atom is 0.173 e. The maximum atomic E-state index is 12.5. The normalized spacial score (nSPS) is 16.0. The van der Waals surface area contributed by atoms with Crippen LogP contribution in [0.5, 0.6) is 5.75 Å². The summed E-state index contributed by atoms with van der Waals surface area (Å²) in [5, 5.41) is 0.687. The number of carbonyl (C=O) groups is 1. The molecule has 1 aromatic carbocycles. The lowest BCUT2D eigenvalue weighted by Gasteiger charge is -2.21. The van der Waals surface area contributed by atoms with Crippen LogP contribution < -0.4 is 4.74 Å². The van der Waals surface area contributed by atoms with E-state index in [0.717, 1.165) is 22.4 Å². The number of ketones is 1. The van der Waals surface area contributed by atoms with E-state index in [-0.39, 0.29) is 5.78 Å². The number of Topliss-reactive ketones (excluding diaryl/α,β-unsaturated/α-hetero) is 1. The van der Waals surface area contributed by atoms with Crippen molar-refractivity contribution in [2.75, 3.05) is 12.4 Å². The Labute approximate surface area is 132 Å². The summed E-state index contributed by atoms with van der Waals surface area (Å²) in [6.07, 6.45) is 6.57. The molecule has 21 heavy (non-hydrogen) atoms. The van der Waals surface area contributed by atoms with Crippen molar-refractivity contribution in [2.45, 2.75) is 58.1 Å². The Morgan fingerprint density at radius 1 is 1.19 bits per heavy atom. The fourth-order valence-corrected chi connectivity index (χ4v) is 4.12. The first-order valence-corrected chi connectivity index (χ1v) is 9.06. The molecule has 0 radical (unpaired) electrons. The average Bonchev–Trinajstić information content (AvgIpc) is 2.51. The van der Waals surface area contributed by atoms with Crippen molar-refractivity contribution in [3.63, 3.8) is 0 Å². The van der Waals surface area contributed by atoms with Gasteiger partial charge in [0.25, 0.3) is 0 Å². The third-order valence-electron chi connectivity index (χ3n) is 4.34. The molecule has 1 aliphatic rings. The first-order chi connectivity index (χ1) is 10.1. The summed E-state index contributed by atoms with van der Waals surface area (Å²) in [4.78, 5) is 12.5. The number of carbonyl (C=O) groups excluding carboxylic acids is 1. The van der Waals surface area contributed by atoms with Crippen LogP contribution in [-0.4, -0.2) is 23.4 Å². The summed E-state index contributed by atoms with van der Waals surface area (Å²) < 4.78 is 5.59. The Morgan fingerprint density at radius 2 is 1.90 bits per heavy atom. The average molecular weight is 306 g/mol. The molecule has 2 nitrogen and oxygen atoms in total. The van der Waals surface area contributed by atoms with Gasteiger partial charge >= 0.3 is 0 Å². The first-order valence-electron chi connectivity index (χ1n) is 8.01. The van der Waals surface area contributed by atoms with Gasteiger partial charge in [-0.2, -0.15) is 11.8 Å². The van der Waals surface area contributed by atoms with Crippen LogP contribution in [-0.2, 0) is 0 Å². The third-order valence-corrected chi connectivity index (χ3v) is 5.71. The van der Waals surface area contributed by atoms with Gasteiger partial charge in [0, 0.05) is 10.8 Å². The molecule has 1 saturated carbocycles. The smallest absolute Gasteiger partial charge is 0.173 e. The van der Waals surface area contributed by atoms with Gasteiger partial charge in [-0.1, -0.05) is 19.3 Å². The Balaban J connectivity index is 2.00. The molecule has 0 N–H and O–H groups in total. The number of rotatable bonds is 6. The van der Waals surface area contributed by atoms with Gasteiger partial charge in [0.05, 0.1) is 12.4 Å². The molecule has 0 bridgehead atoms. The quantitative estimate of drug-likeness (QED) is 0.696. The van der Waals surface area contributed by atoms with E-state index in [2.05, 4.69) is 0 Å². The zero-order valence-electron chi connectivity index (χ0n) is 13.4. The minimum atomic E-state index is 0.259. The molecule has 0 aliphatic heterocycles. The molecule has 0 aromatic heterocycles. The molecule has 116 valence electrons. The van der Waals surface area contributed by atoms with E-state index in [0.29, 0.717) is 17.6 Å². The van der Waals surface area contributed by atoms with E-state index < -0.39 is 0 Å². The van der Waals surface area contributed by atoms with Gasteiger partial charge in [0.2, 0.25) is 0 Å². The van der Waals surface area contributed by atoms with Crippen LogP contribution in [0.2, 0.25) is 0 Å². The number of thioether (sulfide) groups is 1. The lowest BCUT2D eigenvalue weighted by Crippen LogP contribution is -2.13. The molecule has 0 unspecified atom stereocenters. The monoisotopic (exact) mass is 306 g/mol. The summed E-state index contributed by atoms with van der Waals surface area (Å²) in [6, 6.07) is 3.86. The highest BCUT2D eigenvalue weighted by atomic mass is 32.2. The molecule has 3 heteroatoms. The van der Waals surface area contributed by atoms with E-state index >= 15 is 0 Å². The number of hydrogen-bond acceptors (Lipinski definition) is 3. The molecule has 0 heterocycles. The van der Waals surface area contributed by atoms with Crippen molar-refractivity contribution < 1.29 is 9.53 Å². The number of benzene rings is 1. The molecular weight excluding hydrogens is 280 g/mol. The second kappa shape index (κ2) is 7.88. The molecule has 0 saturated heterocycles. The van der Waals surface area contributed by atoms with Crippen LogP contribution in [0.3, 0.4) is 0 Å². The topological polar surface area (TPSA) is 26.3 Å². The molecule has 0 atom stereocenters. The third kappa shape index (κ3) is 4.26. The van der Waals surface area contributed by atoms with Crippen LogP contribution in [0, 0.1) is 13.8 Å². The summed E-state index contributed by atoms with van der Waals surface area (Å²) in [7, 11) is 0. The van der Waals surface area contributed by atoms with Gasteiger partial charge in [-0.3, -0.25) is 4.79 Å². The zero-order valence-corrected chi connectivity index (χ0v) is 14.2. The molecule has 0 spiro atoms. The Hall–Kier alpha value is -0.960. The summed E-state index contributed by atoms with van der Waals surface area (Å²) in [5.41, 5.74) is 3.01. The van der Waals surface area contributed by atoms with Crippen LogP contribution >= 0.6 is 11.8 Å². The van der Waals surface area contributed by atoms with Gasteiger partial charge in [-0.05, 0) is 56.9 Å². The van der Waals surface area contributed by atoms with Crippen molar-refractivity contribution in [3.8, 4) is 5.75 Å². The zero-order chi connectivity index (χ0) is 15.2. The lowest BCUT2D eigenvalue weighted by atomic mass is 10.00. The Morgan fingerprint density at radius 3 is 2.57 bits per heavy atom. The fraction of sp³-hybridized carbons (Fsp3) is 0.611. The number of hydrogen-bond donors (Lipinski definition) is 0. The van der Waals surface area contributed by atoms with Crippen LogP contribution in [0.4, 0.5) is 0 Å². The minimum absolute atomic E-state index is 0.259. The van der Waals surface area contributed by atoms with E-state index in [4.69, 9.17) is 4.74 Å². The van der Waals surface area contributed by atoms with Gasteiger partial charge in [-0.15, -0.1) is 0 Å². The summed E-state index contributed by atoms with van der Waals surface area (Å²) in [5.74, 6) is 1.76. The van der Waals surface area contributed by atoms with Crippen molar-refractivity contribution in [1.82, 2.24) is 0 Å². The van der Waals surface area contributed by atoms with Crippen LogP contribution in [0.15, 0.2) is 12.1 Å². The van der Waals surface area contributed by atoms with Gasteiger partial charge in [-0.25, -0.2) is 0 Å². The Kier molecular flexibility index (Phi) is 6.16. The maximum absolute atomic E-state index is 12.5. The van der Waals surface area contributed by atoms with E-state index in [1.807, 2.05) is 44.7 Å². The molecular formula is C18H26O2S. The predicted molar refractivity (Wildman–Crippen MR) is 90.7 cm³/mol. The summed E-state index contributed by atoms with van der Waals surface area (Å²) in [6.45, 7) is 6.70. The van der Waals surface area contributed by atoms with E-state index in [1.165, 1.54) is 32.1 Å². The molecule has 1 aromatic rings. The number of ether oxygens (including phenoxy) is 1. The van der Waals surface area contributed by atoms with Crippen LogP contribution in [0.1, 0.15) is 60.5 Å². The van der Waals surface area contributed by atoms with E-state index in [1.54, 1.807) is 0 Å². The first kappa shape index (κ1) is 16.4. The second-order valence-corrected chi connectivity index (χ2v) is 7.08. The van der Waals surface area contributed by atoms with Crippen molar-refractivity contribution in [3.05, 3.63) is 28.8 Å². The molecule has 2 rings (SSSR count). The molecule has 1 fully saturated rings. The minimum Gasteiger partial charge on any atom is -0.494 e. The highest BCUT2D eigenvalue weighted by Gasteiger charge is 2.18. The van der Waals surface area contributed by atoms with Gasteiger partial charge in [0.1, 0.15) is 5.75 Å². The second-order valence-electron chi connectivity index (χ2n) is 5.79. The fourth-order valence-electron chi connectivity index (χ4n) is 2.91. The van der Waals surface area contributed by atoms with E-state index in [9.17, 15) is 4.79 Å². The largest absolute Gasteiger partial charge is 0.494 e. The van der Waals surface area contributed by atoms with Crippen molar-refractivity contribution >= 4 is 17.5 Å². The van der Waals surface area contributed by atoms with Crippen molar-refractivity contribution in [1.29, 1.82) is 0 Å². The van der Waals surface area contributed by atoms with Gasteiger partial charge < -0.3 is 4.74 Å². The van der Waals surface area contributed by atoms with Gasteiger partial charge in [0.15, 0.2) is 5.78 Å².